The van der Waals surface area contributed by atoms with E-state index in [4.69, 9.17) is 11.6 Å². The van der Waals surface area contributed by atoms with E-state index in [1.54, 1.807) is 0 Å². The zero-order chi connectivity index (χ0) is 16.7. The van der Waals surface area contributed by atoms with Gasteiger partial charge in [0.1, 0.15) is 0 Å². The lowest BCUT2D eigenvalue weighted by Gasteiger charge is -2.05. The molecule has 1 amide bonds. The van der Waals surface area contributed by atoms with Crippen LogP contribution in [0.1, 0.15) is 18.1 Å². The van der Waals surface area contributed by atoms with Crippen LogP contribution in [0, 0.1) is 0 Å². The Morgan fingerprint density at radius 2 is 2.04 bits per heavy atom. The second-order valence-corrected chi connectivity index (χ2v) is 7.14. The van der Waals surface area contributed by atoms with E-state index >= 15 is 0 Å². The van der Waals surface area contributed by atoms with Crippen molar-refractivity contribution in [2.75, 3.05) is 5.75 Å². The van der Waals surface area contributed by atoms with Gasteiger partial charge in [0.2, 0.25) is 5.91 Å². The van der Waals surface area contributed by atoms with Crippen LogP contribution in [0.25, 0.3) is 0 Å². The largest absolute Gasteiger partial charge is 0.272 e. The molecule has 0 bridgehead atoms. The molecule has 0 aliphatic heterocycles. The third-order valence-electron chi connectivity index (χ3n) is 3.04. The Morgan fingerprint density at radius 3 is 2.78 bits per heavy atom. The van der Waals surface area contributed by atoms with Crippen LogP contribution in [0.3, 0.4) is 0 Å². The lowest BCUT2D eigenvalue weighted by atomic mass is 10.1. The summed E-state index contributed by atoms with van der Waals surface area (Å²) in [6.45, 7) is 1.86. The standard InChI is InChI=1S/C17H16BrClN2OS/c1-12(13-6-4-7-15(18)9-13)20-21-17(22)11-23-10-14-5-2-3-8-16(14)19/h2-9H,10-11H2,1H3,(H,21,22)/b20-12-. The summed E-state index contributed by atoms with van der Waals surface area (Å²) < 4.78 is 0.978. The second kappa shape index (κ2) is 9.11. The number of nitrogens with zero attached hydrogens (tertiary/aromatic N) is 1. The molecule has 0 saturated heterocycles. The van der Waals surface area contributed by atoms with Crippen molar-refractivity contribution >= 4 is 50.9 Å². The van der Waals surface area contributed by atoms with Crippen LogP contribution in [0.5, 0.6) is 0 Å². The average Bonchev–Trinajstić information content (AvgIpc) is 2.54. The van der Waals surface area contributed by atoms with E-state index < -0.39 is 0 Å². The van der Waals surface area contributed by atoms with Gasteiger partial charge in [0.25, 0.3) is 0 Å². The van der Waals surface area contributed by atoms with Gasteiger partial charge in [-0.2, -0.15) is 5.10 Å². The molecule has 1 N–H and O–H groups in total. The Hall–Kier alpha value is -1.30. The number of hydrogen-bond acceptors (Lipinski definition) is 3. The smallest absolute Gasteiger partial charge is 0.250 e. The summed E-state index contributed by atoms with van der Waals surface area (Å²) in [6.07, 6.45) is 0. The fourth-order valence-electron chi connectivity index (χ4n) is 1.83. The van der Waals surface area contributed by atoms with E-state index in [0.29, 0.717) is 11.5 Å². The van der Waals surface area contributed by atoms with Crippen molar-refractivity contribution in [2.24, 2.45) is 5.10 Å². The molecule has 6 heteroatoms. The normalized spacial score (nSPS) is 11.3. The van der Waals surface area contributed by atoms with Crippen molar-refractivity contribution in [3.63, 3.8) is 0 Å². The molecule has 0 spiro atoms. The first-order valence-corrected chi connectivity index (χ1v) is 9.29. The van der Waals surface area contributed by atoms with Crippen LogP contribution < -0.4 is 5.43 Å². The Bertz CT molecular complexity index is 721. The van der Waals surface area contributed by atoms with Gasteiger partial charge in [-0.05, 0) is 36.2 Å². The Kier molecular flexibility index (Phi) is 7.15. The van der Waals surface area contributed by atoms with Crippen molar-refractivity contribution in [3.8, 4) is 0 Å². The molecule has 0 saturated carbocycles. The number of hydrogen-bond donors (Lipinski definition) is 1. The summed E-state index contributed by atoms with van der Waals surface area (Å²) in [4.78, 5) is 11.8. The number of carbonyl (C=O) groups is 1. The maximum atomic E-state index is 11.8. The van der Waals surface area contributed by atoms with Gasteiger partial charge in [-0.15, -0.1) is 11.8 Å². The number of carbonyl (C=O) groups excluding carboxylic acids is 1. The van der Waals surface area contributed by atoms with E-state index in [1.807, 2.05) is 55.5 Å². The SMILES string of the molecule is C/C(=N/NC(=O)CSCc1ccccc1Cl)c1cccc(Br)c1. The van der Waals surface area contributed by atoms with Gasteiger partial charge in [-0.3, -0.25) is 4.79 Å². The first kappa shape index (κ1) is 18.0. The molecule has 120 valence electrons. The molecular formula is C17H16BrClN2OS. The molecule has 2 aromatic rings. The molecule has 0 atom stereocenters. The number of benzene rings is 2. The van der Waals surface area contributed by atoms with Crippen LogP contribution in [-0.4, -0.2) is 17.4 Å². The fraction of sp³-hybridized carbons (Fsp3) is 0.176. The quantitative estimate of drug-likeness (QED) is 0.544. The fourth-order valence-corrected chi connectivity index (χ4v) is 3.33. The predicted molar refractivity (Wildman–Crippen MR) is 102 cm³/mol. The molecule has 3 nitrogen and oxygen atoms in total. The maximum Gasteiger partial charge on any atom is 0.250 e. The lowest BCUT2D eigenvalue weighted by Crippen LogP contribution is -2.21. The molecule has 2 aromatic carbocycles. The van der Waals surface area contributed by atoms with Gasteiger partial charge in [0.05, 0.1) is 11.5 Å². The van der Waals surface area contributed by atoms with E-state index in [-0.39, 0.29) is 5.91 Å². The highest BCUT2D eigenvalue weighted by molar-refractivity contribution is 9.10. The first-order valence-electron chi connectivity index (χ1n) is 6.96. The van der Waals surface area contributed by atoms with Gasteiger partial charge in [0, 0.05) is 15.2 Å². The van der Waals surface area contributed by atoms with Gasteiger partial charge >= 0.3 is 0 Å². The summed E-state index contributed by atoms with van der Waals surface area (Å²) in [5.74, 6) is 0.901. The Morgan fingerprint density at radius 1 is 1.26 bits per heavy atom. The number of amides is 1. The highest BCUT2D eigenvalue weighted by Crippen LogP contribution is 2.20. The molecule has 0 heterocycles. The molecule has 0 aromatic heterocycles. The Labute approximate surface area is 153 Å². The molecule has 0 fully saturated rings. The van der Waals surface area contributed by atoms with Crippen LogP contribution in [0.15, 0.2) is 58.1 Å². The van der Waals surface area contributed by atoms with E-state index in [9.17, 15) is 4.79 Å². The highest BCUT2D eigenvalue weighted by Gasteiger charge is 2.04. The molecule has 0 aliphatic rings. The topological polar surface area (TPSA) is 41.5 Å². The minimum atomic E-state index is -0.128. The molecule has 0 aliphatic carbocycles. The third kappa shape index (κ3) is 6.01. The van der Waals surface area contributed by atoms with Crippen LogP contribution in [0.2, 0.25) is 5.02 Å². The van der Waals surface area contributed by atoms with Crippen molar-refractivity contribution in [3.05, 3.63) is 69.2 Å². The summed E-state index contributed by atoms with van der Waals surface area (Å²) in [5.41, 5.74) is 5.33. The van der Waals surface area contributed by atoms with Crippen LogP contribution in [-0.2, 0) is 10.5 Å². The molecule has 23 heavy (non-hydrogen) atoms. The van der Waals surface area contributed by atoms with E-state index in [1.165, 1.54) is 11.8 Å². The second-order valence-electron chi connectivity index (χ2n) is 4.83. The number of nitrogens with one attached hydrogen (secondary N) is 1. The van der Waals surface area contributed by atoms with Gasteiger partial charge in [-0.25, -0.2) is 5.43 Å². The maximum absolute atomic E-state index is 11.8. The molecule has 0 radical (unpaired) electrons. The van der Waals surface area contributed by atoms with Crippen molar-refractivity contribution < 1.29 is 4.79 Å². The number of halogens is 2. The zero-order valence-electron chi connectivity index (χ0n) is 12.6. The van der Waals surface area contributed by atoms with E-state index in [2.05, 4.69) is 26.5 Å². The van der Waals surface area contributed by atoms with Crippen molar-refractivity contribution in [1.82, 2.24) is 5.43 Å². The minimum Gasteiger partial charge on any atom is -0.272 e. The van der Waals surface area contributed by atoms with Gasteiger partial charge < -0.3 is 0 Å². The first-order chi connectivity index (χ1) is 11.1. The highest BCUT2D eigenvalue weighted by atomic mass is 79.9. The monoisotopic (exact) mass is 410 g/mol. The number of thioether (sulfide) groups is 1. The van der Waals surface area contributed by atoms with E-state index in [0.717, 1.165) is 26.3 Å². The van der Waals surface area contributed by atoms with Crippen molar-refractivity contribution in [1.29, 1.82) is 0 Å². The summed E-state index contributed by atoms with van der Waals surface area (Å²) in [5, 5.41) is 4.86. The lowest BCUT2D eigenvalue weighted by molar-refractivity contribution is -0.118. The molecular weight excluding hydrogens is 396 g/mol. The van der Waals surface area contributed by atoms with Gasteiger partial charge in [-0.1, -0.05) is 57.9 Å². The summed E-state index contributed by atoms with van der Waals surface area (Å²) >= 11 is 11.0. The zero-order valence-corrected chi connectivity index (χ0v) is 15.7. The average molecular weight is 412 g/mol. The molecule has 2 rings (SSSR count). The number of rotatable bonds is 6. The molecule has 0 unspecified atom stereocenters. The van der Waals surface area contributed by atoms with Crippen LogP contribution >= 0.6 is 39.3 Å². The number of hydrazone groups is 1. The summed E-state index contributed by atoms with van der Waals surface area (Å²) in [7, 11) is 0. The van der Waals surface area contributed by atoms with Gasteiger partial charge in [0.15, 0.2) is 0 Å². The van der Waals surface area contributed by atoms with Crippen molar-refractivity contribution in [2.45, 2.75) is 12.7 Å². The third-order valence-corrected chi connectivity index (χ3v) is 4.88. The predicted octanol–water partition coefficient (Wildman–Crippen LogP) is 4.88. The minimum absolute atomic E-state index is 0.128. The Balaban J connectivity index is 1.81. The summed E-state index contributed by atoms with van der Waals surface area (Å²) in [6, 6.07) is 15.4. The van der Waals surface area contributed by atoms with Crippen LogP contribution in [0.4, 0.5) is 0 Å².